The molecule has 208 valence electrons. The van der Waals surface area contributed by atoms with Gasteiger partial charge in [-0.25, -0.2) is 0 Å². The monoisotopic (exact) mass is 522 g/mol. The van der Waals surface area contributed by atoms with Crippen molar-refractivity contribution in [1.29, 1.82) is 0 Å². The minimum absolute atomic E-state index is 0.0802. The molecule has 5 nitrogen and oxygen atoms in total. The van der Waals surface area contributed by atoms with E-state index in [2.05, 4.69) is 26.0 Å². The maximum atomic E-state index is 10.7. The average molecular weight is 522 g/mol. The van der Waals surface area contributed by atoms with Gasteiger partial charge in [0.2, 0.25) is 0 Å². The van der Waals surface area contributed by atoms with Gasteiger partial charge in [0.25, 0.3) is 0 Å². The van der Waals surface area contributed by atoms with Gasteiger partial charge in [-0.15, -0.1) is 0 Å². The molecule has 0 atom stereocenters. The van der Waals surface area contributed by atoms with Crippen molar-refractivity contribution >= 4 is 25.2 Å². The molecule has 3 rings (SSSR count). The highest BCUT2D eigenvalue weighted by atomic mass is 16.5. The van der Waals surface area contributed by atoms with Crippen molar-refractivity contribution in [2.45, 2.75) is 109 Å². The molecule has 7 heteroatoms. The van der Waals surface area contributed by atoms with Crippen LogP contribution in [0.1, 0.15) is 115 Å². The molecule has 1 aliphatic carbocycles. The predicted octanol–water partition coefficient (Wildman–Crippen LogP) is 4.83. The van der Waals surface area contributed by atoms with Gasteiger partial charge in [0, 0.05) is 5.41 Å². The molecule has 0 aromatic heterocycles. The fraction of sp³-hybridized carbons (Fsp3) is 0.613. The summed E-state index contributed by atoms with van der Waals surface area (Å²) in [5, 5.41) is 39.9. The van der Waals surface area contributed by atoms with E-state index in [9.17, 15) is 15.1 Å². The SMILES string of the molecule is CCCCCCCCC1(CCCCCCCC)c2cc(B(O)O)ccc2-c2ccc(B(O)OCCO)cc21. The Kier molecular flexibility index (Phi) is 12.9. The van der Waals surface area contributed by atoms with E-state index in [4.69, 9.17) is 9.76 Å². The summed E-state index contributed by atoms with van der Waals surface area (Å²) in [4.78, 5) is 0. The lowest BCUT2D eigenvalue weighted by Crippen LogP contribution is -2.36. The van der Waals surface area contributed by atoms with Gasteiger partial charge in [-0.2, -0.15) is 0 Å². The number of unbranched alkanes of at least 4 members (excludes halogenated alkanes) is 10. The van der Waals surface area contributed by atoms with Crippen LogP contribution in [0, 0.1) is 0 Å². The summed E-state index contributed by atoms with van der Waals surface area (Å²) in [6.45, 7) is 4.42. The molecule has 0 amide bonds. The largest absolute Gasteiger partial charge is 0.491 e. The Balaban J connectivity index is 1.99. The Hall–Kier alpha value is -1.63. The van der Waals surface area contributed by atoms with Crippen LogP contribution >= 0.6 is 0 Å². The molecule has 0 saturated carbocycles. The second-order valence-electron chi connectivity index (χ2n) is 11.0. The second kappa shape index (κ2) is 15.8. The van der Waals surface area contributed by atoms with Crippen molar-refractivity contribution in [3.63, 3.8) is 0 Å². The summed E-state index contributed by atoms with van der Waals surface area (Å²) in [6, 6.07) is 11.9. The minimum atomic E-state index is -1.51. The van der Waals surface area contributed by atoms with Gasteiger partial charge in [0.15, 0.2) is 0 Å². The van der Waals surface area contributed by atoms with E-state index in [0.717, 1.165) is 36.8 Å². The van der Waals surface area contributed by atoms with E-state index in [1.807, 2.05) is 24.3 Å². The van der Waals surface area contributed by atoms with E-state index in [0.29, 0.717) is 10.9 Å². The van der Waals surface area contributed by atoms with Crippen LogP contribution in [0.15, 0.2) is 36.4 Å². The first-order valence-electron chi connectivity index (χ1n) is 15.0. The van der Waals surface area contributed by atoms with Gasteiger partial charge in [-0.05, 0) is 46.0 Å². The molecule has 2 aromatic rings. The Morgan fingerprint density at radius 1 is 0.658 bits per heavy atom. The van der Waals surface area contributed by atoms with Crippen LogP contribution in [0.4, 0.5) is 0 Å². The highest BCUT2D eigenvalue weighted by molar-refractivity contribution is 6.60. The average Bonchev–Trinajstić information content (AvgIpc) is 3.19. The fourth-order valence-corrected chi connectivity index (χ4v) is 6.18. The molecule has 38 heavy (non-hydrogen) atoms. The van der Waals surface area contributed by atoms with Gasteiger partial charge in [0.05, 0.1) is 13.2 Å². The quantitative estimate of drug-likeness (QED) is 0.157. The minimum Gasteiger partial charge on any atom is -0.423 e. The fourth-order valence-electron chi connectivity index (χ4n) is 6.18. The Morgan fingerprint density at radius 2 is 1.13 bits per heavy atom. The lowest BCUT2D eigenvalue weighted by Gasteiger charge is -2.33. The number of hydrogen-bond acceptors (Lipinski definition) is 5. The van der Waals surface area contributed by atoms with Crippen molar-refractivity contribution in [2.24, 2.45) is 0 Å². The molecule has 0 fully saturated rings. The van der Waals surface area contributed by atoms with E-state index < -0.39 is 14.2 Å². The standard InChI is InChI=1S/C31H48B2O5/c1-3-5-7-9-11-13-19-31(20-14-12-10-8-6-4-2)29-23-25(32(35)36)15-17-27(29)28-18-16-26(24-30(28)31)33(37)38-22-21-34/h15-18,23-24,34-37H,3-14,19-22H2,1-2H3. The Morgan fingerprint density at radius 3 is 1.63 bits per heavy atom. The molecule has 4 N–H and O–H groups in total. The molecule has 0 aliphatic heterocycles. The first-order valence-corrected chi connectivity index (χ1v) is 15.0. The normalized spacial score (nSPS) is 13.4. The zero-order valence-electron chi connectivity index (χ0n) is 23.6. The van der Waals surface area contributed by atoms with Crippen LogP contribution in [-0.4, -0.2) is 47.6 Å². The van der Waals surface area contributed by atoms with Gasteiger partial charge >= 0.3 is 14.2 Å². The first kappa shape index (κ1) is 30.9. The van der Waals surface area contributed by atoms with E-state index in [-0.39, 0.29) is 18.6 Å². The van der Waals surface area contributed by atoms with E-state index in [1.165, 1.54) is 75.3 Å². The van der Waals surface area contributed by atoms with Gasteiger partial charge in [-0.1, -0.05) is 127 Å². The Labute approximate surface area is 230 Å². The van der Waals surface area contributed by atoms with Crippen LogP contribution in [0.25, 0.3) is 11.1 Å². The zero-order chi connectivity index (χ0) is 27.4. The molecular weight excluding hydrogens is 474 g/mol. The number of hydrogen-bond donors (Lipinski definition) is 4. The van der Waals surface area contributed by atoms with Crippen LogP contribution < -0.4 is 10.9 Å². The molecule has 0 unspecified atom stereocenters. The maximum Gasteiger partial charge on any atom is 0.491 e. The lowest BCUT2D eigenvalue weighted by molar-refractivity contribution is 0.183. The summed E-state index contributed by atoms with van der Waals surface area (Å²) in [7, 11) is -2.60. The molecule has 0 saturated heterocycles. The number of benzene rings is 2. The molecule has 0 bridgehead atoms. The van der Waals surface area contributed by atoms with Crippen molar-refractivity contribution in [3.05, 3.63) is 47.5 Å². The third-order valence-electron chi connectivity index (χ3n) is 8.27. The lowest BCUT2D eigenvalue weighted by atomic mass is 9.67. The van der Waals surface area contributed by atoms with Crippen molar-refractivity contribution in [1.82, 2.24) is 0 Å². The van der Waals surface area contributed by atoms with Gasteiger partial charge in [-0.3, -0.25) is 0 Å². The number of rotatable bonds is 19. The second-order valence-corrected chi connectivity index (χ2v) is 11.0. The third-order valence-corrected chi connectivity index (χ3v) is 8.27. The summed E-state index contributed by atoms with van der Waals surface area (Å²) in [6.07, 6.45) is 16.6. The molecule has 1 aliphatic rings. The summed E-state index contributed by atoms with van der Waals surface area (Å²) >= 11 is 0. The van der Waals surface area contributed by atoms with Crippen LogP contribution in [-0.2, 0) is 10.1 Å². The van der Waals surface area contributed by atoms with E-state index >= 15 is 0 Å². The highest BCUT2D eigenvalue weighted by Gasteiger charge is 2.43. The third kappa shape index (κ3) is 7.73. The zero-order valence-corrected chi connectivity index (χ0v) is 23.6. The maximum absolute atomic E-state index is 10.7. The van der Waals surface area contributed by atoms with Crippen LogP contribution in [0.2, 0.25) is 0 Å². The van der Waals surface area contributed by atoms with Gasteiger partial charge in [0.1, 0.15) is 0 Å². The molecular formula is C31H48B2O5. The highest BCUT2D eigenvalue weighted by Crippen LogP contribution is 2.53. The van der Waals surface area contributed by atoms with Gasteiger partial charge < -0.3 is 24.8 Å². The smallest absolute Gasteiger partial charge is 0.423 e. The van der Waals surface area contributed by atoms with Crippen molar-refractivity contribution < 1.29 is 24.8 Å². The topological polar surface area (TPSA) is 90.2 Å². The predicted molar refractivity (Wildman–Crippen MR) is 159 cm³/mol. The molecule has 0 radical (unpaired) electrons. The summed E-state index contributed by atoms with van der Waals surface area (Å²) < 4.78 is 5.44. The molecule has 0 heterocycles. The van der Waals surface area contributed by atoms with E-state index in [1.54, 1.807) is 0 Å². The number of fused-ring (bicyclic) bond motifs is 3. The van der Waals surface area contributed by atoms with Crippen LogP contribution in [0.5, 0.6) is 0 Å². The first-order chi connectivity index (χ1) is 18.5. The molecule has 2 aromatic carbocycles. The molecule has 0 spiro atoms. The van der Waals surface area contributed by atoms with Crippen LogP contribution in [0.3, 0.4) is 0 Å². The van der Waals surface area contributed by atoms with Crippen molar-refractivity contribution in [2.75, 3.05) is 13.2 Å². The summed E-state index contributed by atoms with van der Waals surface area (Å²) in [5.74, 6) is 0. The van der Waals surface area contributed by atoms with Crippen molar-refractivity contribution in [3.8, 4) is 11.1 Å². The summed E-state index contributed by atoms with van der Waals surface area (Å²) in [5.41, 5.74) is 5.69. The number of aliphatic hydroxyl groups excluding tert-OH is 1. The number of aliphatic hydroxyl groups is 1. The Bertz CT molecular complexity index is 965.